The second-order valence-electron chi connectivity index (χ2n) is 10.4. The summed E-state index contributed by atoms with van der Waals surface area (Å²) in [6, 6.07) is 0. The number of nitrogens with one attached hydrogen (secondary N) is 1. The van der Waals surface area contributed by atoms with Gasteiger partial charge in [-0.25, -0.2) is 0 Å². The van der Waals surface area contributed by atoms with Crippen LogP contribution in [0.15, 0.2) is 0 Å². The lowest BCUT2D eigenvalue weighted by Gasteiger charge is -2.24. The Balaban J connectivity index is 0.000000387. The topological polar surface area (TPSA) is 28.2 Å². The summed E-state index contributed by atoms with van der Waals surface area (Å²) in [7, 11) is 10.9. The van der Waals surface area contributed by atoms with Crippen molar-refractivity contribution in [2.24, 2.45) is 0 Å². The van der Waals surface area contributed by atoms with Crippen LogP contribution in [0.2, 0.25) is 0 Å². The molecular weight excluding hydrogens is 408 g/mol. The third kappa shape index (κ3) is 20.8. The predicted octanol–water partition coefficient (Wildman–Crippen LogP) is 3.40. The summed E-state index contributed by atoms with van der Waals surface area (Å²) < 4.78 is 0. The van der Waals surface area contributed by atoms with E-state index in [0.29, 0.717) is 0 Å². The predicted molar refractivity (Wildman–Crippen MR) is 149 cm³/mol. The first-order chi connectivity index (χ1) is 15.5. The van der Waals surface area contributed by atoms with Crippen molar-refractivity contribution in [3.05, 3.63) is 0 Å². The highest BCUT2D eigenvalue weighted by molar-refractivity contribution is 4.62. The number of rotatable bonds is 0. The summed E-state index contributed by atoms with van der Waals surface area (Å²) in [6.07, 6.45) is 12.8. The number of likely N-dealkylation sites (N-methyl/N-ethyl adjacent to an activating group) is 1. The van der Waals surface area contributed by atoms with Crippen molar-refractivity contribution >= 4 is 0 Å². The number of hydrogen-bond acceptors (Lipinski definition) is 6. The zero-order valence-electron chi connectivity index (χ0n) is 22.6. The van der Waals surface area contributed by atoms with Crippen molar-refractivity contribution in [2.75, 3.05) is 114 Å². The lowest BCUT2D eigenvalue weighted by Crippen LogP contribution is -2.40. The molecule has 200 valence electrons. The molecule has 6 nitrogen and oxygen atoms in total. The smallest absolute Gasteiger partial charge is 0.0104 e. The Morgan fingerprint density at radius 1 is 0.333 bits per heavy atom. The lowest BCUT2D eigenvalue weighted by atomic mass is 10.1. The van der Waals surface area contributed by atoms with Gasteiger partial charge in [0.15, 0.2) is 0 Å². The van der Waals surface area contributed by atoms with Gasteiger partial charge in [0.1, 0.15) is 0 Å². The van der Waals surface area contributed by atoms with E-state index >= 15 is 0 Å². The highest BCUT2D eigenvalue weighted by atomic mass is 15.2. The molecule has 0 radical (unpaired) electrons. The van der Waals surface area contributed by atoms with Crippen molar-refractivity contribution in [2.45, 2.75) is 65.2 Å². The van der Waals surface area contributed by atoms with Crippen molar-refractivity contribution < 1.29 is 0 Å². The molecule has 5 fully saturated rings. The van der Waals surface area contributed by atoms with Crippen molar-refractivity contribution in [1.29, 1.82) is 0 Å². The Kier molecular flexibility index (Phi) is 22.1. The average molecular weight is 471 g/mol. The molecule has 0 atom stereocenters. The fourth-order valence-electron chi connectivity index (χ4n) is 4.23. The van der Waals surface area contributed by atoms with Gasteiger partial charge in [0, 0.05) is 26.2 Å². The number of nitrogens with zero attached hydrogens (tertiary/aromatic N) is 5. The number of likely N-dealkylation sites (tertiary alicyclic amines) is 4. The summed E-state index contributed by atoms with van der Waals surface area (Å²) in [5.41, 5.74) is 0. The van der Waals surface area contributed by atoms with E-state index in [-0.39, 0.29) is 7.43 Å². The highest BCUT2D eigenvalue weighted by Gasteiger charge is 2.05. The molecule has 5 rings (SSSR count). The first kappa shape index (κ1) is 32.8. The molecule has 0 amide bonds. The van der Waals surface area contributed by atoms with Gasteiger partial charge in [-0.1, -0.05) is 20.3 Å². The van der Waals surface area contributed by atoms with E-state index in [1.165, 1.54) is 123 Å². The summed E-state index contributed by atoms with van der Waals surface area (Å²) >= 11 is 0. The standard InChI is InChI=1S/2C6H13N.C5H12N2.C5H11N.C4H9N.CH4/c2*1-7-5-3-2-4-6-7;1-7-4-2-6-3-5-7;1-6-4-2-3-5-6;1-5-3-2-4-5;/h2*2-6H2,1H3;6H,2-5H2,1H3;2-5H2,1H3;2-4H2,1H3;1H4. The first-order valence-corrected chi connectivity index (χ1v) is 13.6. The van der Waals surface area contributed by atoms with Gasteiger partial charge in [0.2, 0.25) is 0 Å². The maximum absolute atomic E-state index is 3.27. The van der Waals surface area contributed by atoms with Gasteiger partial charge in [0.25, 0.3) is 0 Å². The Hall–Kier alpha value is -0.240. The molecule has 0 spiro atoms. The number of piperidine rings is 2. The van der Waals surface area contributed by atoms with Crippen LogP contribution in [0.25, 0.3) is 0 Å². The van der Waals surface area contributed by atoms with Gasteiger partial charge < -0.3 is 29.8 Å². The molecule has 5 heterocycles. The van der Waals surface area contributed by atoms with E-state index < -0.39 is 0 Å². The fraction of sp³-hybridized carbons (Fsp3) is 1.00. The minimum atomic E-state index is 0. The van der Waals surface area contributed by atoms with Crippen LogP contribution in [-0.2, 0) is 0 Å². The summed E-state index contributed by atoms with van der Waals surface area (Å²) in [5, 5.41) is 3.27. The molecule has 0 aromatic rings. The van der Waals surface area contributed by atoms with Crippen molar-refractivity contribution in [1.82, 2.24) is 29.8 Å². The van der Waals surface area contributed by atoms with E-state index in [9.17, 15) is 0 Å². The molecule has 1 N–H and O–H groups in total. The van der Waals surface area contributed by atoms with Crippen molar-refractivity contribution in [3.8, 4) is 0 Å². The monoisotopic (exact) mass is 471 g/mol. The van der Waals surface area contributed by atoms with Gasteiger partial charge >= 0.3 is 0 Å². The fourth-order valence-corrected chi connectivity index (χ4v) is 4.23. The van der Waals surface area contributed by atoms with Gasteiger partial charge in [-0.15, -0.1) is 0 Å². The van der Waals surface area contributed by atoms with Gasteiger partial charge in [-0.2, -0.15) is 0 Å². The molecule has 0 aromatic carbocycles. The van der Waals surface area contributed by atoms with E-state index in [1.54, 1.807) is 0 Å². The molecule has 0 aromatic heterocycles. The SMILES string of the molecule is C.CN1CCC1.CN1CCCC1.CN1CCCCC1.CN1CCCCC1.CN1CCNCC1. The third-order valence-corrected chi connectivity index (χ3v) is 6.91. The van der Waals surface area contributed by atoms with Gasteiger partial charge in [-0.05, 0) is 133 Å². The van der Waals surface area contributed by atoms with Crippen LogP contribution in [0.4, 0.5) is 0 Å². The minimum Gasteiger partial charge on any atom is -0.314 e. The lowest BCUT2D eigenvalue weighted by molar-refractivity contribution is 0.229. The first-order valence-electron chi connectivity index (χ1n) is 13.6. The van der Waals surface area contributed by atoms with Crippen LogP contribution in [0.5, 0.6) is 0 Å². The van der Waals surface area contributed by atoms with E-state index in [0.717, 1.165) is 13.1 Å². The van der Waals surface area contributed by atoms with Crippen LogP contribution in [0, 0.1) is 0 Å². The van der Waals surface area contributed by atoms with E-state index in [2.05, 4.69) is 65.1 Å². The third-order valence-electron chi connectivity index (χ3n) is 6.91. The van der Waals surface area contributed by atoms with E-state index in [1.807, 2.05) is 0 Å². The quantitative estimate of drug-likeness (QED) is 0.583. The van der Waals surface area contributed by atoms with Crippen LogP contribution < -0.4 is 5.32 Å². The molecule has 0 unspecified atom stereocenters. The second-order valence-corrected chi connectivity index (χ2v) is 10.4. The number of piperazine rings is 1. The molecule has 6 heteroatoms. The Bertz CT molecular complexity index is 342. The molecule has 5 saturated heterocycles. The van der Waals surface area contributed by atoms with Gasteiger partial charge in [-0.3, -0.25) is 0 Å². The Labute approximate surface area is 209 Å². The maximum Gasteiger partial charge on any atom is 0.0104 e. The molecular formula is C27H62N6. The van der Waals surface area contributed by atoms with Crippen LogP contribution in [0.1, 0.15) is 65.2 Å². The maximum atomic E-state index is 3.27. The molecule has 0 saturated carbocycles. The molecule has 5 aliphatic rings. The van der Waals surface area contributed by atoms with Crippen molar-refractivity contribution in [3.63, 3.8) is 0 Å². The molecule has 0 bridgehead atoms. The zero-order chi connectivity index (χ0) is 23.4. The zero-order valence-corrected chi connectivity index (χ0v) is 22.6. The van der Waals surface area contributed by atoms with Gasteiger partial charge in [0.05, 0.1) is 0 Å². The largest absolute Gasteiger partial charge is 0.314 e. The normalized spacial score (nSPS) is 24.6. The Morgan fingerprint density at radius 3 is 0.697 bits per heavy atom. The van der Waals surface area contributed by atoms with Crippen LogP contribution >= 0.6 is 0 Å². The second kappa shape index (κ2) is 22.2. The van der Waals surface area contributed by atoms with E-state index in [4.69, 9.17) is 0 Å². The molecule has 5 aliphatic heterocycles. The average Bonchev–Trinajstić information content (AvgIpc) is 3.27. The summed E-state index contributed by atoms with van der Waals surface area (Å²) in [6.45, 7) is 15.3. The summed E-state index contributed by atoms with van der Waals surface area (Å²) in [4.78, 5) is 11.8. The number of hydrogen-bond donors (Lipinski definition) is 1. The Morgan fingerprint density at radius 2 is 0.576 bits per heavy atom. The minimum absolute atomic E-state index is 0. The highest BCUT2D eigenvalue weighted by Crippen LogP contribution is 2.05. The van der Waals surface area contributed by atoms with Crippen LogP contribution in [0.3, 0.4) is 0 Å². The van der Waals surface area contributed by atoms with Crippen LogP contribution in [-0.4, -0.2) is 138 Å². The molecule has 0 aliphatic carbocycles. The summed E-state index contributed by atoms with van der Waals surface area (Å²) in [5.74, 6) is 0. The molecule has 33 heavy (non-hydrogen) atoms.